The number of hydrogen-bond donors (Lipinski definition) is 0. The minimum atomic E-state index is -3.01. The van der Waals surface area contributed by atoms with Gasteiger partial charge in [0.2, 0.25) is 0 Å². The highest BCUT2D eigenvalue weighted by Gasteiger charge is 2.47. The molecule has 2 heterocycles. The van der Waals surface area contributed by atoms with Crippen molar-refractivity contribution in [2.24, 2.45) is 0 Å². The molecule has 9 nitrogen and oxygen atoms in total. The third-order valence-electron chi connectivity index (χ3n) is 4.58. The second-order valence-electron chi connectivity index (χ2n) is 6.98. The lowest BCUT2D eigenvalue weighted by Gasteiger charge is -2.36. The molecular weight excluding hydrogens is 388 g/mol. The van der Waals surface area contributed by atoms with Gasteiger partial charge < -0.3 is 41.7 Å². The topological polar surface area (TPSA) is 89.7 Å². The van der Waals surface area contributed by atoms with Crippen molar-refractivity contribution >= 4 is 8.80 Å². The van der Waals surface area contributed by atoms with Crippen molar-refractivity contribution in [1.82, 2.24) is 0 Å². The second-order valence-corrected chi connectivity index (χ2v) is 9.75. The normalized spacial score (nSPS) is 23.6. The smallest absolute Gasteiger partial charge is 0.379 e. The molecule has 0 bridgehead atoms. The molecule has 10 heteroatoms. The van der Waals surface area contributed by atoms with Crippen LogP contribution in [0.3, 0.4) is 0 Å². The summed E-state index contributed by atoms with van der Waals surface area (Å²) in [6.45, 7) is 6.41. The zero-order valence-corrected chi connectivity index (χ0v) is 18.6. The van der Waals surface area contributed by atoms with E-state index in [2.05, 4.69) is 0 Å². The predicted octanol–water partition coefficient (Wildman–Crippen LogP) is 1.57. The van der Waals surface area contributed by atoms with E-state index in [0.717, 1.165) is 32.5 Å². The highest BCUT2D eigenvalue weighted by molar-refractivity contribution is 6.60. The van der Waals surface area contributed by atoms with Gasteiger partial charge in [-0.2, -0.15) is 0 Å². The molecule has 3 unspecified atom stereocenters. The van der Waals surface area contributed by atoms with Gasteiger partial charge in [0.25, 0.3) is 5.97 Å². The summed E-state index contributed by atoms with van der Waals surface area (Å²) >= 11 is 0. The fourth-order valence-corrected chi connectivity index (χ4v) is 4.96. The fourth-order valence-electron chi connectivity index (χ4n) is 2.49. The summed E-state index contributed by atoms with van der Waals surface area (Å²) in [6.07, 6.45) is 3.06. The van der Waals surface area contributed by atoms with E-state index in [4.69, 9.17) is 41.7 Å². The summed E-state index contributed by atoms with van der Waals surface area (Å²) in [7, 11) is 1.65. The summed E-state index contributed by atoms with van der Waals surface area (Å²) in [5.41, 5.74) is 0. The van der Waals surface area contributed by atoms with Gasteiger partial charge in [-0.3, -0.25) is 0 Å². The van der Waals surface area contributed by atoms with E-state index >= 15 is 0 Å². The van der Waals surface area contributed by atoms with Gasteiger partial charge >= 0.3 is 8.80 Å². The van der Waals surface area contributed by atoms with Gasteiger partial charge in [0.15, 0.2) is 0 Å². The maximum absolute atomic E-state index is 6.13. The van der Waals surface area contributed by atoms with Crippen molar-refractivity contribution in [2.45, 2.75) is 50.4 Å². The molecular formula is C18H36O9Si. The monoisotopic (exact) mass is 424 g/mol. The third kappa shape index (κ3) is 9.57. The maximum atomic E-state index is 6.13. The first-order chi connectivity index (χ1) is 13.5. The second kappa shape index (κ2) is 12.5. The minimum absolute atomic E-state index is 0.260. The molecule has 0 amide bonds. The lowest BCUT2D eigenvalue weighted by Crippen LogP contribution is -2.53. The summed E-state index contributed by atoms with van der Waals surface area (Å²) in [5.74, 6) is -1.22. The molecule has 3 atom stereocenters. The Morgan fingerprint density at radius 2 is 1.39 bits per heavy atom. The van der Waals surface area contributed by atoms with Crippen molar-refractivity contribution in [3.05, 3.63) is 0 Å². The molecule has 2 saturated heterocycles. The van der Waals surface area contributed by atoms with Crippen LogP contribution in [0.4, 0.5) is 0 Å². The molecule has 28 heavy (non-hydrogen) atoms. The summed E-state index contributed by atoms with van der Waals surface area (Å²) in [6, 6.07) is 0.604. The van der Waals surface area contributed by atoms with Crippen LogP contribution in [0, 0.1) is 0 Å². The van der Waals surface area contributed by atoms with Crippen LogP contribution < -0.4 is 0 Å². The quantitative estimate of drug-likeness (QED) is 0.133. The Morgan fingerprint density at radius 1 is 0.857 bits per heavy atom. The first kappa shape index (κ1) is 24.1. The summed E-state index contributed by atoms with van der Waals surface area (Å²) in [5, 5.41) is 0. The zero-order valence-electron chi connectivity index (χ0n) is 17.6. The first-order valence-electron chi connectivity index (χ1n) is 9.93. The molecule has 2 aliphatic heterocycles. The molecule has 2 rings (SSSR count). The van der Waals surface area contributed by atoms with Gasteiger partial charge in [-0.1, -0.05) is 0 Å². The fraction of sp³-hybridized carbons (Fsp3) is 1.00. The van der Waals surface area contributed by atoms with E-state index in [1.165, 1.54) is 14.2 Å². The Balaban J connectivity index is 1.72. The first-order valence-corrected chi connectivity index (χ1v) is 11.9. The van der Waals surface area contributed by atoms with E-state index in [1.807, 2.05) is 0 Å². The number of ether oxygens (including phenoxy) is 6. The molecule has 2 aliphatic rings. The van der Waals surface area contributed by atoms with Crippen LogP contribution in [-0.2, 0) is 41.7 Å². The Bertz CT molecular complexity index is 416. The largest absolute Gasteiger partial charge is 0.504 e. The van der Waals surface area contributed by atoms with Gasteiger partial charge in [0.05, 0.1) is 26.4 Å². The van der Waals surface area contributed by atoms with Crippen LogP contribution in [0.15, 0.2) is 0 Å². The molecule has 0 aromatic carbocycles. The van der Waals surface area contributed by atoms with Crippen molar-refractivity contribution in [3.63, 3.8) is 0 Å². The van der Waals surface area contributed by atoms with Crippen LogP contribution in [0.5, 0.6) is 0 Å². The molecule has 0 saturated carbocycles. The van der Waals surface area contributed by atoms with Crippen molar-refractivity contribution in [1.29, 1.82) is 0 Å². The molecule has 0 N–H and O–H groups in total. The SMILES string of the molecule is COC(C)(OC)O[Si](CCCOCC1CO1)(OC)OCCCCOCC1CO1. The van der Waals surface area contributed by atoms with E-state index in [1.54, 1.807) is 14.0 Å². The summed E-state index contributed by atoms with van der Waals surface area (Å²) in [4.78, 5) is 0. The van der Waals surface area contributed by atoms with E-state index in [0.29, 0.717) is 45.2 Å². The molecule has 166 valence electrons. The Hall–Kier alpha value is -0.143. The van der Waals surface area contributed by atoms with Crippen LogP contribution >= 0.6 is 0 Å². The predicted molar refractivity (Wildman–Crippen MR) is 102 cm³/mol. The molecule has 0 aromatic rings. The Labute approximate surface area is 169 Å². The molecule has 0 aliphatic carbocycles. The van der Waals surface area contributed by atoms with Crippen LogP contribution in [-0.4, -0.2) is 94.6 Å². The van der Waals surface area contributed by atoms with Gasteiger partial charge in [0, 0.05) is 54.1 Å². The number of unbranched alkanes of at least 4 members (excludes halogenated alkanes) is 1. The molecule has 0 radical (unpaired) electrons. The zero-order chi connectivity index (χ0) is 20.3. The Morgan fingerprint density at radius 3 is 1.89 bits per heavy atom. The average molecular weight is 425 g/mol. The van der Waals surface area contributed by atoms with Crippen molar-refractivity contribution in [2.75, 3.05) is 67.6 Å². The van der Waals surface area contributed by atoms with Gasteiger partial charge in [-0.25, -0.2) is 0 Å². The Kier molecular flexibility index (Phi) is 10.8. The van der Waals surface area contributed by atoms with Crippen molar-refractivity contribution < 1.29 is 41.7 Å². The van der Waals surface area contributed by atoms with Gasteiger partial charge in [-0.05, 0) is 19.3 Å². The molecule has 0 aromatic heterocycles. The lowest BCUT2D eigenvalue weighted by atomic mass is 10.3. The van der Waals surface area contributed by atoms with E-state index in [-0.39, 0.29) is 6.10 Å². The number of rotatable bonds is 19. The van der Waals surface area contributed by atoms with Gasteiger partial charge in [-0.15, -0.1) is 0 Å². The lowest BCUT2D eigenvalue weighted by molar-refractivity contribution is -0.326. The molecule has 0 spiro atoms. The minimum Gasteiger partial charge on any atom is -0.379 e. The van der Waals surface area contributed by atoms with Gasteiger partial charge in [0.1, 0.15) is 12.2 Å². The van der Waals surface area contributed by atoms with Crippen LogP contribution in [0.25, 0.3) is 0 Å². The van der Waals surface area contributed by atoms with E-state index < -0.39 is 14.8 Å². The number of hydrogen-bond acceptors (Lipinski definition) is 9. The third-order valence-corrected chi connectivity index (χ3v) is 7.50. The maximum Gasteiger partial charge on any atom is 0.504 e. The standard InChI is InChI=1S/C18H36O9Si/c1-18(19-2,20-3)27-28(21-4,11-7-9-23-13-17-15-25-17)26-10-6-5-8-22-12-16-14-24-16/h16-17H,5-15H2,1-4H3. The number of methoxy groups -OCH3 is 2. The number of epoxide rings is 2. The summed E-state index contributed by atoms with van der Waals surface area (Å²) < 4.78 is 50.1. The van der Waals surface area contributed by atoms with Crippen molar-refractivity contribution in [3.8, 4) is 0 Å². The average Bonchev–Trinajstić information content (AvgIpc) is 3.61. The van der Waals surface area contributed by atoms with E-state index in [9.17, 15) is 0 Å². The molecule has 2 fully saturated rings. The highest BCUT2D eigenvalue weighted by Crippen LogP contribution is 2.26. The van der Waals surface area contributed by atoms with Crippen LogP contribution in [0.2, 0.25) is 6.04 Å². The highest BCUT2D eigenvalue weighted by atomic mass is 28.4. The van der Waals surface area contributed by atoms with Crippen LogP contribution in [0.1, 0.15) is 26.2 Å².